The van der Waals surface area contributed by atoms with Gasteiger partial charge in [0.1, 0.15) is 5.75 Å². The molecule has 2 atom stereocenters. The molecular weight excluding hydrogens is 518 g/mol. The number of nitrogens with zero attached hydrogens (tertiary/aromatic N) is 3. The fourth-order valence-electron chi connectivity index (χ4n) is 5.15. The number of pyridine rings is 1. The van der Waals surface area contributed by atoms with Gasteiger partial charge in [-0.15, -0.1) is 0 Å². The Morgan fingerprint density at radius 1 is 1.11 bits per heavy atom. The number of carbonyl (C=O) groups is 1. The first kappa shape index (κ1) is 25.8. The van der Waals surface area contributed by atoms with E-state index in [4.69, 9.17) is 28.6 Å². The van der Waals surface area contributed by atoms with Crippen LogP contribution in [0.25, 0.3) is 5.69 Å². The third-order valence-electron chi connectivity index (χ3n) is 6.73. The number of aryl methyl sites for hydroxylation is 1. The highest BCUT2D eigenvalue weighted by atomic mass is 35.5. The number of aromatic nitrogens is 2. The molecule has 1 fully saturated rings. The van der Waals surface area contributed by atoms with Crippen molar-refractivity contribution in [3.63, 3.8) is 0 Å². The number of thiocarbonyl (C=S) groups is 1. The van der Waals surface area contributed by atoms with Gasteiger partial charge in [0.25, 0.3) is 0 Å². The van der Waals surface area contributed by atoms with Gasteiger partial charge in [0.05, 0.1) is 30.6 Å². The molecule has 1 aliphatic rings. The summed E-state index contributed by atoms with van der Waals surface area (Å²) in [6, 6.07) is 21.0. The van der Waals surface area contributed by atoms with Crippen LogP contribution in [-0.4, -0.2) is 27.7 Å². The first-order chi connectivity index (χ1) is 18.3. The normalized spacial score (nSPS) is 16.9. The first-order valence-corrected chi connectivity index (χ1v) is 13.0. The quantitative estimate of drug-likeness (QED) is 0.278. The Morgan fingerprint density at radius 3 is 2.53 bits per heavy atom. The van der Waals surface area contributed by atoms with Gasteiger partial charge in [-0.05, 0) is 92.3 Å². The Hall–Kier alpha value is -3.88. The summed E-state index contributed by atoms with van der Waals surface area (Å²) < 4.78 is 7.83. The molecule has 7 nitrogen and oxygen atoms in total. The number of benzene rings is 2. The maximum atomic E-state index is 11.5. The molecule has 5 rings (SSSR count). The second-order valence-corrected chi connectivity index (χ2v) is 10.0. The van der Waals surface area contributed by atoms with E-state index in [2.05, 4.69) is 45.0 Å². The van der Waals surface area contributed by atoms with Gasteiger partial charge < -0.3 is 24.8 Å². The summed E-state index contributed by atoms with van der Waals surface area (Å²) in [5.41, 5.74) is 6.57. The SMILES string of the molecule is COc1ccc(Cl)cc1-n1c(C)cc([C@H]2[C@H](c3ccccn3)NC(=S)N2c2ccc(NC(C)=O)cc2)c1C. The van der Waals surface area contributed by atoms with Crippen molar-refractivity contribution in [2.75, 3.05) is 17.3 Å². The molecule has 2 N–H and O–H groups in total. The van der Waals surface area contributed by atoms with Crippen LogP contribution < -0.4 is 20.3 Å². The molecule has 0 saturated carbocycles. The third kappa shape index (κ3) is 4.73. The van der Waals surface area contributed by atoms with Crippen LogP contribution in [0.5, 0.6) is 5.75 Å². The highest BCUT2D eigenvalue weighted by Crippen LogP contribution is 2.44. The van der Waals surface area contributed by atoms with E-state index >= 15 is 0 Å². The summed E-state index contributed by atoms with van der Waals surface area (Å²) in [5, 5.41) is 7.56. The molecule has 2 aromatic carbocycles. The van der Waals surface area contributed by atoms with Crippen LogP contribution in [0.4, 0.5) is 11.4 Å². The number of halogens is 1. The Kier molecular flexibility index (Phi) is 7.10. The number of hydrogen-bond acceptors (Lipinski definition) is 4. The zero-order chi connectivity index (χ0) is 27.0. The monoisotopic (exact) mass is 545 g/mol. The van der Waals surface area contributed by atoms with Gasteiger partial charge in [0, 0.05) is 40.9 Å². The molecule has 2 aromatic heterocycles. The van der Waals surface area contributed by atoms with E-state index in [1.807, 2.05) is 60.7 Å². The van der Waals surface area contributed by atoms with E-state index in [1.54, 1.807) is 13.3 Å². The lowest BCUT2D eigenvalue weighted by molar-refractivity contribution is -0.114. The number of methoxy groups -OCH3 is 1. The second kappa shape index (κ2) is 10.5. The summed E-state index contributed by atoms with van der Waals surface area (Å²) in [6.45, 7) is 5.66. The molecule has 1 amide bonds. The van der Waals surface area contributed by atoms with Crippen molar-refractivity contribution >= 4 is 46.2 Å². The average molecular weight is 546 g/mol. The molecule has 1 aliphatic heterocycles. The largest absolute Gasteiger partial charge is 0.495 e. The molecule has 194 valence electrons. The van der Waals surface area contributed by atoms with E-state index in [0.717, 1.165) is 45.5 Å². The molecule has 3 heterocycles. The Balaban J connectivity index is 1.66. The summed E-state index contributed by atoms with van der Waals surface area (Å²) >= 11 is 12.3. The van der Waals surface area contributed by atoms with Gasteiger partial charge in [0.2, 0.25) is 5.91 Å². The van der Waals surface area contributed by atoms with Crippen molar-refractivity contribution in [1.82, 2.24) is 14.9 Å². The lowest BCUT2D eigenvalue weighted by Crippen LogP contribution is -2.29. The van der Waals surface area contributed by atoms with Crippen LogP contribution in [0.3, 0.4) is 0 Å². The summed E-state index contributed by atoms with van der Waals surface area (Å²) in [7, 11) is 1.66. The summed E-state index contributed by atoms with van der Waals surface area (Å²) in [6.07, 6.45) is 1.79. The van der Waals surface area contributed by atoms with E-state index in [1.165, 1.54) is 6.92 Å². The fraction of sp³-hybridized carbons (Fsp3) is 0.207. The third-order valence-corrected chi connectivity index (χ3v) is 7.28. The van der Waals surface area contributed by atoms with Crippen molar-refractivity contribution in [3.05, 3.63) is 101 Å². The Labute approximate surface area is 232 Å². The average Bonchev–Trinajstić information content (AvgIpc) is 3.39. The number of amides is 1. The van der Waals surface area contributed by atoms with Crippen LogP contribution in [-0.2, 0) is 4.79 Å². The maximum Gasteiger partial charge on any atom is 0.221 e. The maximum absolute atomic E-state index is 11.5. The van der Waals surface area contributed by atoms with Crippen molar-refractivity contribution in [2.24, 2.45) is 0 Å². The highest BCUT2D eigenvalue weighted by Gasteiger charge is 2.42. The Morgan fingerprint density at radius 2 is 1.87 bits per heavy atom. The zero-order valence-corrected chi connectivity index (χ0v) is 23.1. The fourth-order valence-corrected chi connectivity index (χ4v) is 5.67. The Bertz CT molecular complexity index is 1500. The smallest absolute Gasteiger partial charge is 0.221 e. The summed E-state index contributed by atoms with van der Waals surface area (Å²) in [4.78, 5) is 18.3. The molecule has 0 unspecified atom stereocenters. The van der Waals surface area contributed by atoms with E-state index in [0.29, 0.717) is 10.1 Å². The first-order valence-electron chi connectivity index (χ1n) is 12.2. The van der Waals surface area contributed by atoms with Crippen molar-refractivity contribution in [1.29, 1.82) is 0 Å². The zero-order valence-electron chi connectivity index (χ0n) is 21.5. The minimum absolute atomic E-state index is 0.118. The van der Waals surface area contributed by atoms with Crippen LogP contribution in [0.15, 0.2) is 72.9 Å². The number of rotatable bonds is 6. The minimum atomic E-state index is -0.186. The predicted molar refractivity (Wildman–Crippen MR) is 155 cm³/mol. The summed E-state index contributed by atoms with van der Waals surface area (Å²) in [5.74, 6) is 0.614. The molecule has 0 radical (unpaired) electrons. The van der Waals surface area contributed by atoms with Crippen molar-refractivity contribution in [3.8, 4) is 11.4 Å². The number of anilines is 2. The lowest BCUT2D eigenvalue weighted by atomic mass is 9.96. The van der Waals surface area contributed by atoms with E-state index in [-0.39, 0.29) is 18.0 Å². The molecule has 0 aliphatic carbocycles. The molecule has 38 heavy (non-hydrogen) atoms. The molecule has 4 aromatic rings. The number of nitrogens with one attached hydrogen (secondary N) is 2. The second-order valence-electron chi connectivity index (χ2n) is 9.20. The van der Waals surface area contributed by atoms with Gasteiger partial charge in [-0.1, -0.05) is 17.7 Å². The van der Waals surface area contributed by atoms with Crippen molar-refractivity contribution < 1.29 is 9.53 Å². The van der Waals surface area contributed by atoms with Crippen molar-refractivity contribution in [2.45, 2.75) is 32.9 Å². The van der Waals surface area contributed by atoms with Crippen LogP contribution in [0.2, 0.25) is 5.02 Å². The van der Waals surface area contributed by atoms with Crippen LogP contribution in [0, 0.1) is 13.8 Å². The number of carbonyl (C=O) groups excluding carboxylic acids is 1. The van der Waals surface area contributed by atoms with Gasteiger partial charge in [-0.25, -0.2) is 0 Å². The lowest BCUT2D eigenvalue weighted by Gasteiger charge is -2.28. The predicted octanol–water partition coefficient (Wildman–Crippen LogP) is 6.29. The van der Waals surface area contributed by atoms with Gasteiger partial charge in [0.15, 0.2) is 5.11 Å². The van der Waals surface area contributed by atoms with Gasteiger partial charge >= 0.3 is 0 Å². The topological polar surface area (TPSA) is 71.4 Å². The molecule has 1 saturated heterocycles. The molecular formula is C29H28ClN5O2S. The van der Waals surface area contributed by atoms with E-state index in [9.17, 15) is 4.79 Å². The van der Waals surface area contributed by atoms with Crippen LogP contribution in [0.1, 0.15) is 41.7 Å². The molecule has 0 spiro atoms. The van der Waals surface area contributed by atoms with E-state index < -0.39 is 0 Å². The number of hydrogen-bond donors (Lipinski definition) is 2. The standard InChI is InChI=1S/C29H28ClN5O2S/c1-17-15-23(18(2)34(17)25-16-20(30)8-13-26(25)37-4)28-27(24-7-5-6-14-31-24)33-29(38)35(28)22-11-9-21(10-12-22)32-19(3)36/h5-16,27-28H,1-4H3,(H,32,36)(H,33,38)/t27-,28-/m0/s1. The van der Waals surface area contributed by atoms with Gasteiger partial charge in [-0.2, -0.15) is 0 Å². The van der Waals surface area contributed by atoms with Gasteiger partial charge in [-0.3, -0.25) is 9.78 Å². The highest BCUT2D eigenvalue weighted by molar-refractivity contribution is 7.80. The molecule has 0 bridgehead atoms. The molecule has 9 heteroatoms. The number of ether oxygens (including phenoxy) is 1. The minimum Gasteiger partial charge on any atom is -0.495 e. The van der Waals surface area contributed by atoms with Crippen LogP contribution >= 0.6 is 23.8 Å².